The maximum absolute atomic E-state index is 5.66. The summed E-state index contributed by atoms with van der Waals surface area (Å²) in [5.74, 6) is 1.55. The molecule has 0 aliphatic heterocycles. The number of methoxy groups -OCH3 is 2. The molecule has 1 aliphatic carbocycles. The molecule has 0 bridgehead atoms. The van der Waals surface area contributed by atoms with Crippen LogP contribution < -0.4 is 0 Å². The Hall–Kier alpha value is -0.0800. The molecular formula is C14H28O2. The van der Waals surface area contributed by atoms with E-state index in [2.05, 4.69) is 6.92 Å². The summed E-state index contributed by atoms with van der Waals surface area (Å²) in [7, 11) is 3.66. The first kappa shape index (κ1) is 14.0. The zero-order chi connectivity index (χ0) is 11.8. The van der Waals surface area contributed by atoms with Gasteiger partial charge in [-0.3, -0.25) is 0 Å². The van der Waals surface area contributed by atoms with Gasteiger partial charge < -0.3 is 9.47 Å². The van der Waals surface area contributed by atoms with Crippen LogP contribution in [0.1, 0.15) is 51.9 Å². The fourth-order valence-electron chi connectivity index (χ4n) is 2.65. The predicted molar refractivity (Wildman–Crippen MR) is 67.6 cm³/mol. The van der Waals surface area contributed by atoms with Crippen LogP contribution in [0, 0.1) is 11.8 Å². The highest BCUT2D eigenvalue weighted by molar-refractivity contribution is 4.78. The Morgan fingerprint density at radius 2 is 2.00 bits per heavy atom. The second-order valence-corrected chi connectivity index (χ2v) is 5.16. The highest BCUT2D eigenvalue weighted by atomic mass is 16.5. The third-order valence-electron chi connectivity index (χ3n) is 3.91. The van der Waals surface area contributed by atoms with E-state index in [-0.39, 0.29) is 0 Å². The minimum Gasteiger partial charge on any atom is -0.384 e. The van der Waals surface area contributed by atoms with Crippen molar-refractivity contribution >= 4 is 0 Å². The first-order valence-corrected chi connectivity index (χ1v) is 6.83. The molecule has 1 fully saturated rings. The Morgan fingerprint density at radius 1 is 1.25 bits per heavy atom. The van der Waals surface area contributed by atoms with E-state index in [4.69, 9.17) is 9.47 Å². The largest absolute Gasteiger partial charge is 0.384 e. The standard InChI is InChI=1S/C14H28O2/c1-4-5-9-14(16-3)13(11-15-2)10-12-7-6-8-12/h12-14H,4-11H2,1-3H3. The topological polar surface area (TPSA) is 18.5 Å². The summed E-state index contributed by atoms with van der Waals surface area (Å²) in [5, 5.41) is 0. The zero-order valence-corrected chi connectivity index (χ0v) is 11.2. The zero-order valence-electron chi connectivity index (χ0n) is 11.2. The van der Waals surface area contributed by atoms with Crippen molar-refractivity contribution in [1.29, 1.82) is 0 Å². The Kier molecular flexibility index (Phi) is 7.06. The summed E-state index contributed by atoms with van der Waals surface area (Å²) < 4.78 is 11.0. The van der Waals surface area contributed by atoms with E-state index in [0.717, 1.165) is 12.5 Å². The van der Waals surface area contributed by atoms with Gasteiger partial charge in [0, 0.05) is 20.1 Å². The molecule has 0 aromatic heterocycles. The summed E-state index contributed by atoms with van der Waals surface area (Å²) >= 11 is 0. The van der Waals surface area contributed by atoms with Crippen LogP contribution in [0.4, 0.5) is 0 Å². The minimum absolute atomic E-state index is 0.403. The number of unbranched alkanes of at least 4 members (excludes halogenated alkanes) is 1. The van der Waals surface area contributed by atoms with E-state index in [0.29, 0.717) is 12.0 Å². The lowest BCUT2D eigenvalue weighted by molar-refractivity contribution is -0.00677. The lowest BCUT2D eigenvalue weighted by Crippen LogP contribution is -2.30. The van der Waals surface area contributed by atoms with Crippen molar-refractivity contribution in [3.63, 3.8) is 0 Å². The van der Waals surface area contributed by atoms with Gasteiger partial charge in [-0.15, -0.1) is 0 Å². The molecule has 16 heavy (non-hydrogen) atoms. The molecule has 1 aliphatic rings. The lowest BCUT2D eigenvalue weighted by atomic mass is 9.77. The van der Waals surface area contributed by atoms with E-state index in [1.165, 1.54) is 44.9 Å². The molecule has 0 saturated heterocycles. The molecule has 0 aromatic rings. The predicted octanol–water partition coefficient (Wildman–Crippen LogP) is 3.64. The molecule has 0 aromatic carbocycles. The van der Waals surface area contributed by atoms with E-state index in [9.17, 15) is 0 Å². The third kappa shape index (κ3) is 4.42. The fraction of sp³-hybridized carbons (Fsp3) is 1.00. The van der Waals surface area contributed by atoms with Crippen LogP contribution in [0.15, 0.2) is 0 Å². The van der Waals surface area contributed by atoms with Gasteiger partial charge in [-0.1, -0.05) is 39.0 Å². The average Bonchev–Trinajstić information content (AvgIpc) is 2.24. The normalized spacial score (nSPS) is 20.4. The third-order valence-corrected chi connectivity index (χ3v) is 3.91. The van der Waals surface area contributed by atoms with E-state index in [1.807, 2.05) is 7.11 Å². The molecule has 0 spiro atoms. The van der Waals surface area contributed by atoms with Crippen molar-refractivity contribution in [2.45, 2.75) is 58.0 Å². The van der Waals surface area contributed by atoms with Crippen LogP contribution in [0.3, 0.4) is 0 Å². The molecule has 2 atom stereocenters. The molecule has 96 valence electrons. The molecule has 0 amide bonds. The van der Waals surface area contributed by atoms with Gasteiger partial charge in [-0.2, -0.15) is 0 Å². The molecule has 0 heterocycles. The minimum atomic E-state index is 0.403. The van der Waals surface area contributed by atoms with Gasteiger partial charge in [0.2, 0.25) is 0 Å². The first-order valence-electron chi connectivity index (χ1n) is 6.83. The Morgan fingerprint density at radius 3 is 2.44 bits per heavy atom. The Labute approximate surface area is 101 Å². The van der Waals surface area contributed by atoms with E-state index >= 15 is 0 Å². The molecule has 2 nitrogen and oxygen atoms in total. The average molecular weight is 228 g/mol. The highest BCUT2D eigenvalue weighted by Gasteiger charge is 2.27. The van der Waals surface area contributed by atoms with Crippen LogP contribution >= 0.6 is 0 Å². The van der Waals surface area contributed by atoms with Crippen LogP contribution in [0.2, 0.25) is 0 Å². The Balaban J connectivity index is 2.36. The molecule has 2 heteroatoms. The summed E-state index contributed by atoms with van der Waals surface area (Å²) in [6.45, 7) is 3.10. The van der Waals surface area contributed by atoms with E-state index in [1.54, 1.807) is 7.11 Å². The summed E-state index contributed by atoms with van der Waals surface area (Å²) in [4.78, 5) is 0. The molecule has 1 saturated carbocycles. The fourth-order valence-corrected chi connectivity index (χ4v) is 2.65. The SMILES string of the molecule is CCCCC(OC)C(COC)CC1CCC1. The van der Waals surface area contributed by atoms with Gasteiger partial charge in [0.05, 0.1) is 12.7 Å². The van der Waals surface area contributed by atoms with Crippen molar-refractivity contribution in [3.8, 4) is 0 Å². The van der Waals surface area contributed by atoms with E-state index < -0.39 is 0 Å². The first-order chi connectivity index (χ1) is 7.81. The van der Waals surface area contributed by atoms with Gasteiger partial charge in [-0.25, -0.2) is 0 Å². The second kappa shape index (κ2) is 8.08. The number of rotatable bonds is 9. The highest BCUT2D eigenvalue weighted by Crippen LogP contribution is 2.34. The van der Waals surface area contributed by atoms with Gasteiger partial charge in [-0.05, 0) is 18.8 Å². The maximum Gasteiger partial charge on any atom is 0.0621 e. The molecule has 1 rings (SSSR count). The van der Waals surface area contributed by atoms with Gasteiger partial charge in [0.15, 0.2) is 0 Å². The number of hydrogen-bond acceptors (Lipinski definition) is 2. The van der Waals surface area contributed by atoms with Gasteiger partial charge >= 0.3 is 0 Å². The van der Waals surface area contributed by atoms with Crippen molar-refractivity contribution < 1.29 is 9.47 Å². The molecule has 0 N–H and O–H groups in total. The van der Waals surface area contributed by atoms with Crippen molar-refractivity contribution in [3.05, 3.63) is 0 Å². The van der Waals surface area contributed by atoms with Gasteiger partial charge in [0.1, 0.15) is 0 Å². The molecular weight excluding hydrogens is 200 g/mol. The number of hydrogen-bond donors (Lipinski definition) is 0. The smallest absolute Gasteiger partial charge is 0.0621 e. The Bertz CT molecular complexity index is 166. The van der Waals surface area contributed by atoms with Crippen LogP contribution in [-0.4, -0.2) is 26.9 Å². The second-order valence-electron chi connectivity index (χ2n) is 5.16. The van der Waals surface area contributed by atoms with Crippen molar-refractivity contribution in [1.82, 2.24) is 0 Å². The maximum atomic E-state index is 5.66. The molecule has 0 radical (unpaired) electrons. The van der Waals surface area contributed by atoms with Crippen molar-refractivity contribution in [2.24, 2.45) is 11.8 Å². The lowest BCUT2D eigenvalue weighted by Gasteiger charge is -2.33. The van der Waals surface area contributed by atoms with Crippen LogP contribution in [0.5, 0.6) is 0 Å². The summed E-state index contributed by atoms with van der Waals surface area (Å²) in [6.07, 6.45) is 9.68. The summed E-state index contributed by atoms with van der Waals surface area (Å²) in [6, 6.07) is 0. The number of ether oxygens (including phenoxy) is 2. The monoisotopic (exact) mass is 228 g/mol. The van der Waals surface area contributed by atoms with Crippen LogP contribution in [0.25, 0.3) is 0 Å². The van der Waals surface area contributed by atoms with Crippen molar-refractivity contribution in [2.75, 3.05) is 20.8 Å². The molecule has 2 unspecified atom stereocenters. The van der Waals surface area contributed by atoms with Crippen LogP contribution in [-0.2, 0) is 9.47 Å². The summed E-state index contributed by atoms with van der Waals surface area (Å²) in [5.41, 5.74) is 0. The quantitative estimate of drug-likeness (QED) is 0.600. The van der Waals surface area contributed by atoms with Gasteiger partial charge in [0.25, 0.3) is 0 Å².